The van der Waals surface area contributed by atoms with Gasteiger partial charge >= 0.3 is 0 Å². The molecular weight excluding hydrogens is 194 g/mol. The highest BCUT2D eigenvalue weighted by Crippen LogP contribution is 2.24. The molecule has 0 aliphatic heterocycles. The Morgan fingerprint density at radius 1 is 1.57 bits per heavy atom. The van der Waals surface area contributed by atoms with E-state index < -0.39 is 0 Å². The number of rotatable bonds is 2. The second kappa shape index (κ2) is 3.46. The molecule has 0 fully saturated rings. The number of aryl methyl sites for hydroxylation is 1. The van der Waals surface area contributed by atoms with Gasteiger partial charge in [0.15, 0.2) is 0 Å². The molecule has 14 heavy (non-hydrogen) atoms. The van der Waals surface area contributed by atoms with Crippen molar-refractivity contribution < 1.29 is 0 Å². The Bertz CT molecular complexity index is 417. The third-order valence-corrected chi connectivity index (χ3v) is 3.25. The fourth-order valence-electron chi connectivity index (χ4n) is 1.50. The van der Waals surface area contributed by atoms with Crippen molar-refractivity contribution in [2.24, 2.45) is 0 Å². The first kappa shape index (κ1) is 9.27. The summed E-state index contributed by atoms with van der Waals surface area (Å²) in [6, 6.07) is 6.27. The van der Waals surface area contributed by atoms with Crippen LogP contribution in [0.15, 0.2) is 23.6 Å². The second-order valence-electron chi connectivity index (χ2n) is 3.35. The van der Waals surface area contributed by atoms with E-state index in [2.05, 4.69) is 23.5 Å². The van der Waals surface area contributed by atoms with Crippen LogP contribution >= 0.6 is 11.3 Å². The first-order valence-electron chi connectivity index (χ1n) is 4.53. The summed E-state index contributed by atoms with van der Waals surface area (Å²) in [6.45, 7) is 4.06. The van der Waals surface area contributed by atoms with Crippen molar-refractivity contribution >= 4 is 17.2 Å². The Kier molecular flexibility index (Phi) is 2.29. The maximum Gasteiger partial charge on any atom is 0.122 e. The molecule has 0 amide bonds. The SMILES string of the molecule is Cc1cc(N)n(C(C)c2cccs2)n1. The van der Waals surface area contributed by atoms with Crippen molar-refractivity contribution in [2.45, 2.75) is 19.9 Å². The largest absolute Gasteiger partial charge is 0.384 e. The molecule has 0 bridgehead atoms. The molecule has 0 saturated heterocycles. The van der Waals surface area contributed by atoms with Gasteiger partial charge in [-0.25, -0.2) is 4.68 Å². The summed E-state index contributed by atoms with van der Waals surface area (Å²) in [5, 5.41) is 6.43. The number of anilines is 1. The predicted molar refractivity (Wildman–Crippen MR) is 59.5 cm³/mol. The smallest absolute Gasteiger partial charge is 0.122 e. The van der Waals surface area contributed by atoms with Crippen molar-refractivity contribution in [3.05, 3.63) is 34.2 Å². The summed E-state index contributed by atoms with van der Waals surface area (Å²) in [7, 11) is 0. The predicted octanol–water partition coefficient (Wildman–Crippen LogP) is 2.44. The fourth-order valence-corrected chi connectivity index (χ4v) is 2.26. The number of hydrogen-bond acceptors (Lipinski definition) is 3. The van der Waals surface area contributed by atoms with E-state index in [4.69, 9.17) is 5.73 Å². The van der Waals surface area contributed by atoms with Crippen LogP contribution in [-0.2, 0) is 0 Å². The summed E-state index contributed by atoms with van der Waals surface area (Å²) >= 11 is 1.73. The number of nitrogen functional groups attached to an aromatic ring is 1. The molecule has 0 aromatic carbocycles. The number of aromatic nitrogens is 2. The summed E-state index contributed by atoms with van der Waals surface area (Å²) in [4.78, 5) is 1.28. The second-order valence-corrected chi connectivity index (χ2v) is 4.33. The van der Waals surface area contributed by atoms with Crippen LogP contribution in [-0.4, -0.2) is 9.78 Å². The molecule has 0 aliphatic rings. The van der Waals surface area contributed by atoms with E-state index in [-0.39, 0.29) is 6.04 Å². The lowest BCUT2D eigenvalue weighted by Gasteiger charge is -2.11. The van der Waals surface area contributed by atoms with Gasteiger partial charge in [0.2, 0.25) is 0 Å². The van der Waals surface area contributed by atoms with Crippen molar-refractivity contribution in [3.8, 4) is 0 Å². The van der Waals surface area contributed by atoms with Crippen LogP contribution in [0.1, 0.15) is 23.5 Å². The maximum absolute atomic E-state index is 5.85. The van der Waals surface area contributed by atoms with Gasteiger partial charge < -0.3 is 5.73 Å². The standard InChI is InChI=1S/C10H13N3S/c1-7-6-10(11)13(12-7)8(2)9-4-3-5-14-9/h3-6,8H,11H2,1-2H3. The molecule has 0 radical (unpaired) electrons. The minimum atomic E-state index is 0.226. The van der Waals surface area contributed by atoms with E-state index in [1.807, 2.05) is 23.7 Å². The average Bonchev–Trinajstić information content (AvgIpc) is 2.73. The van der Waals surface area contributed by atoms with Crippen LogP contribution in [0.5, 0.6) is 0 Å². The van der Waals surface area contributed by atoms with E-state index in [9.17, 15) is 0 Å². The van der Waals surface area contributed by atoms with Gasteiger partial charge in [-0.1, -0.05) is 6.07 Å². The van der Waals surface area contributed by atoms with Crippen LogP contribution < -0.4 is 5.73 Å². The van der Waals surface area contributed by atoms with Gasteiger partial charge in [-0.15, -0.1) is 11.3 Å². The van der Waals surface area contributed by atoms with E-state index >= 15 is 0 Å². The van der Waals surface area contributed by atoms with Crippen molar-refractivity contribution in [2.75, 3.05) is 5.73 Å². The molecule has 0 saturated carbocycles. The Hall–Kier alpha value is -1.29. The van der Waals surface area contributed by atoms with Gasteiger partial charge in [0.1, 0.15) is 5.82 Å². The molecule has 3 nitrogen and oxygen atoms in total. The quantitative estimate of drug-likeness (QED) is 0.822. The minimum Gasteiger partial charge on any atom is -0.384 e. The van der Waals surface area contributed by atoms with Crippen LogP contribution in [0.2, 0.25) is 0 Å². The zero-order valence-electron chi connectivity index (χ0n) is 8.27. The molecule has 2 heterocycles. The summed E-state index contributed by atoms with van der Waals surface area (Å²) in [6.07, 6.45) is 0. The molecule has 1 unspecified atom stereocenters. The molecular formula is C10H13N3S. The maximum atomic E-state index is 5.85. The van der Waals surface area contributed by atoms with Gasteiger partial charge in [-0.05, 0) is 25.3 Å². The molecule has 2 aromatic heterocycles. The molecule has 2 aromatic rings. The highest BCUT2D eigenvalue weighted by atomic mass is 32.1. The Morgan fingerprint density at radius 3 is 2.86 bits per heavy atom. The lowest BCUT2D eigenvalue weighted by atomic mass is 10.3. The van der Waals surface area contributed by atoms with Crippen molar-refractivity contribution in [1.29, 1.82) is 0 Å². The molecule has 0 aliphatic carbocycles. The Morgan fingerprint density at radius 2 is 2.36 bits per heavy atom. The van der Waals surface area contributed by atoms with Crippen molar-refractivity contribution in [3.63, 3.8) is 0 Å². The zero-order valence-corrected chi connectivity index (χ0v) is 9.08. The van der Waals surface area contributed by atoms with Crippen LogP contribution in [0.3, 0.4) is 0 Å². The third-order valence-electron chi connectivity index (χ3n) is 2.21. The van der Waals surface area contributed by atoms with Gasteiger partial charge in [-0.2, -0.15) is 5.10 Å². The monoisotopic (exact) mass is 207 g/mol. The normalized spacial score (nSPS) is 13.0. The number of hydrogen-bond donors (Lipinski definition) is 1. The number of thiophene rings is 1. The first-order chi connectivity index (χ1) is 6.68. The van der Waals surface area contributed by atoms with E-state index in [0.717, 1.165) is 11.5 Å². The summed E-state index contributed by atoms with van der Waals surface area (Å²) in [5.74, 6) is 0.725. The van der Waals surface area contributed by atoms with E-state index in [0.29, 0.717) is 0 Å². The van der Waals surface area contributed by atoms with E-state index in [1.165, 1.54) is 4.88 Å². The molecule has 4 heteroatoms. The molecule has 74 valence electrons. The fraction of sp³-hybridized carbons (Fsp3) is 0.300. The lowest BCUT2D eigenvalue weighted by molar-refractivity contribution is 0.577. The minimum absolute atomic E-state index is 0.226. The third kappa shape index (κ3) is 1.53. The highest BCUT2D eigenvalue weighted by Gasteiger charge is 2.12. The number of nitrogens with zero attached hydrogens (tertiary/aromatic N) is 2. The van der Waals surface area contributed by atoms with Crippen LogP contribution in [0.25, 0.3) is 0 Å². The molecule has 2 N–H and O–H groups in total. The highest BCUT2D eigenvalue weighted by molar-refractivity contribution is 7.10. The van der Waals surface area contributed by atoms with Crippen LogP contribution in [0, 0.1) is 6.92 Å². The molecule has 0 spiro atoms. The van der Waals surface area contributed by atoms with Gasteiger partial charge in [0.05, 0.1) is 11.7 Å². The van der Waals surface area contributed by atoms with Gasteiger partial charge in [-0.3, -0.25) is 0 Å². The average molecular weight is 207 g/mol. The first-order valence-corrected chi connectivity index (χ1v) is 5.41. The summed E-state index contributed by atoms with van der Waals surface area (Å²) in [5.41, 5.74) is 6.82. The molecule has 1 atom stereocenters. The van der Waals surface area contributed by atoms with Gasteiger partial charge in [0.25, 0.3) is 0 Å². The Balaban J connectivity index is 2.36. The molecule has 2 rings (SSSR count). The number of nitrogens with two attached hydrogens (primary N) is 1. The van der Waals surface area contributed by atoms with Gasteiger partial charge in [0, 0.05) is 10.9 Å². The van der Waals surface area contributed by atoms with Crippen LogP contribution in [0.4, 0.5) is 5.82 Å². The van der Waals surface area contributed by atoms with E-state index in [1.54, 1.807) is 11.3 Å². The summed E-state index contributed by atoms with van der Waals surface area (Å²) < 4.78 is 1.86. The zero-order chi connectivity index (χ0) is 10.1. The Labute approximate surface area is 87.2 Å². The topological polar surface area (TPSA) is 43.8 Å². The van der Waals surface area contributed by atoms with Crippen molar-refractivity contribution in [1.82, 2.24) is 9.78 Å². The lowest BCUT2D eigenvalue weighted by Crippen LogP contribution is -2.10.